The fourth-order valence-electron chi connectivity index (χ4n) is 3.67. The summed E-state index contributed by atoms with van der Waals surface area (Å²) >= 11 is 4.52. The minimum absolute atomic E-state index is 0.360. The van der Waals surface area contributed by atoms with E-state index in [4.69, 9.17) is 0 Å². The zero-order valence-corrected chi connectivity index (χ0v) is 22.3. The summed E-state index contributed by atoms with van der Waals surface area (Å²) in [7, 11) is 0. The first-order valence-electron chi connectivity index (χ1n) is 11.4. The number of hydrogen-bond acceptors (Lipinski definition) is 8. The van der Waals surface area contributed by atoms with E-state index in [-0.39, 0.29) is 5.82 Å². The summed E-state index contributed by atoms with van der Waals surface area (Å²) in [5.74, 6) is -1.31. The Labute approximate surface area is 223 Å². The molecular formula is C24H23BrF2N6O3S. The van der Waals surface area contributed by atoms with Crippen molar-refractivity contribution in [1.29, 1.82) is 0 Å². The highest BCUT2D eigenvalue weighted by atomic mass is 79.9. The normalized spacial score (nSPS) is 13.7. The van der Waals surface area contributed by atoms with E-state index in [1.54, 1.807) is 24.3 Å². The van der Waals surface area contributed by atoms with Gasteiger partial charge in [0.1, 0.15) is 5.82 Å². The standard InChI is InChI=1S/C19H21FN4OS.C5H2BrFN2O2/c1-11(25)17-7-14(20)5-6-16(17)19-18(26-12(2)21-19)8-15-10-24(23-22-15)9-13-3-4-13;6-3-1-4(7)5(8-2-3)9(10)11/h5-7,10-11,13,25H,3-4,8-9H2,1-2H3;1-2H/t11-;/m1./s1. The molecule has 37 heavy (non-hydrogen) atoms. The number of aryl methyl sites for hydroxylation is 1. The molecule has 3 aromatic heterocycles. The van der Waals surface area contributed by atoms with Crippen LogP contribution in [0.5, 0.6) is 0 Å². The number of aliphatic hydroxyl groups is 1. The third kappa shape index (κ3) is 6.99. The van der Waals surface area contributed by atoms with Gasteiger partial charge in [-0.25, -0.2) is 9.37 Å². The van der Waals surface area contributed by atoms with Gasteiger partial charge in [-0.3, -0.25) is 4.68 Å². The summed E-state index contributed by atoms with van der Waals surface area (Å²) in [6.07, 6.45) is 5.58. The van der Waals surface area contributed by atoms with Gasteiger partial charge in [-0.1, -0.05) is 5.21 Å². The number of aromatic nitrogens is 5. The minimum Gasteiger partial charge on any atom is -0.389 e. The first-order valence-corrected chi connectivity index (χ1v) is 13.0. The smallest absolute Gasteiger partial charge is 0.389 e. The number of nitro groups is 1. The van der Waals surface area contributed by atoms with E-state index in [2.05, 4.69) is 36.2 Å². The largest absolute Gasteiger partial charge is 0.399 e. The van der Waals surface area contributed by atoms with E-state index in [9.17, 15) is 24.0 Å². The van der Waals surface area contributed by atoms with Crippen molar-refractivity contribution in [3.05, 3.63) is 84.0 Å². The van der Waals surface area contributed by atoms with Crippen molar-refractivity contribution in [1.82, 2.24) is 25.0 Å². The summed E-state index contributed by atoms with van der Waals surface area (Å²) in [6.45, 7) is 4.53. The van der Waals surface area contributed by atoms with E-state index < -0.39 is 22.7 Å². The maximum atomic E-state index is 13.6. The van der Waals surface area contributed by atoms with E-state index in [0.29, 0.717) is 16.5 Å². The highest BCUT2D eigenvalue weighted by Gasteiger charge is 2.23. The summed E-state index contributed by atoms with van der Waals surface area (Å²) in [5.41, 5.74) is 3.01. The van der Waals surface area contributed by atoms with Crippen LogP contribution in [0.25, 0.3) is 11.3 Å². The molecule has 1 fully saturated rings. The Kier molecular flexibility index (Phi) is 8.35. The van der Waals surface area contributed by atoms with Crippen LogP contribution in [0.3, 0.4) is 0 Å². The van der Waals surface area contributed by atoms with Gasteiger partial charge in [0, 0.05) is 35.7 Å². The summed E-state index contributed by atoms with van der Waals surface area (Å²) < 4.78 is 28.5. The van der Waals surface area contributed by atoms with Crippen LogP contribution in [0.4, 0.5) is 14.6 Å². The van der Waals surface area contributed by atoms with Crippen molar-refractivity contribution in [2.24, 2.45) is 5.92 Å². The molecule has 5 rings (SSSR count). The number of thiazole rings is 1. The Morgan fingerprint density at radius 2 is 2.08 bits per heavy atom. The van der Waals surface area contributed by atoms with Gasteiger partial charge in [-0.15, -0.1) is 16.4 Å². The average Bonchev–Trinajstić information content (AvgIpc) is 3.41. The lowest BCUT2D eigenvalue weighted by atomic mass is 9.99. The molecule has 0 unspecified atom stereocenters. The molecule has 0 aliphatic heterocycles. The maximum absolute atomic E-state index is 13.6. The SMILES string of the molecule is Cc1nc(-c2ccc(F)cc2[C@@H](C)O)c(Cc2cn(CC3CC3)nn2)s1.O=[N+]([O-])c1ncc(Br)cc1F. The quantitative estimate of drug-likeness (QED) is 0.213. The number of halogens is 3. The molecule has 4 aromatic rings. The summed E-state index contributed by atoms with van der Waals surface area (Å²) in [5, 5.41) is 29.5. The van der Waals surface area contributed by atoms with Crippen LogP contribution >= 0.6 is 27.3 Å². The Bertz CT molecular complexity index is 1420. The zero-order chi connectivity index (χ0) is 26.7. The Morgan fingerprint density at radius 3 is 2.73 bits per heavy atom. The molecule has 194 valence electrons. The molecule has 0 bridgehead atoms. The van der Waals surface area contributed by atoms with Crippen molar-refractivity contribution < 1.29 is 18.8 Å². The van der Waals surface area contributed by atoms with E-state index >= 15 is 0 Å². The predicted molar refractivity (Wildman–Crippen MR) is 137 cm³/mol. The van der Waals surface area contributed by atoms with Crippen LogP contribution in [0.1, 0.15) is 47.0 Å². The minimum atomic E-state index is -0.940. The van der Waals surface area contributed by atoms with Gasteiger partial charge < -0.3 is 15.2 Å². The van der Waals surface area contributed by atoms with Crippen LogP contribution in [0.15, 0.2) is 41.1 Å². The molecule has 9 nitrogen and oxygen atoms in total. The van der Waals surface area contributed by atoms with Crippen LogP contribution in [-0.2, 0) is 13.0 Å². The van der Waals surface area contributed by atoms with E-state index in [1.807, 2.05) is 17.8 Å². The molecule has 0 amide bonds. The third-order valence-corrected chi connectivity index (χ3v) is 6.96. The molecule has 0 saturated heterocycles. The molecule has 1 atom stereocenters. The molecule has 13 heteroatoms. The van der Waals surface area contributed by atoms with Gasteiger partial charge in [-0.2, -0.15) is 4.39 Å². The number of aliphatic hydroxyl groups excluding tert-OH is 1. The number of hydrogen-bond donors (Lipinski definition) is 1. The lowest BCUT2D eigenvalue weighted by molar-refractivity contribution is -0.392. The van der Waals surface area contributed by atoms with Crippen LogP contribution in [0, 0.1) is 34.6 Å². The predicted octanol–water partition coefficient (Wildman–Crippen LogP) is 5.79. The van der Waals surface area contributed by atoms with Gasteiger partial charge in [-0.05, 0) is 82.2 Å². The van der Waals surface area contributed by atoms with Crippen molar-refractivity contribution in [3.8, 4) is 11.3 Å². The second-order valence-electron chi connectivity index (χ2n) is 8.68. The van der Waals surface area contributed by atoms with Crippen molar-refractivity contribution >= 4 is 33.1 Å². The third-order valence-electron chi connectivity index (χ3n) is 5.55. The first-order chi connectivity index (χ1) is 17.6. The van der Waals surface area contributed by atoms with Gasteiger partial charge in [0.15, 0.2) is 6.20 Å². The lowest BCUT2D eigenvalue weighted by Crippen LogP contribution is -2.00. The van der Waals surface area contributed by atoms with Gasteiger partial charge in [0.05, 0.1) is 27.0 Å². The second-order valence-corrected chi connectivity index (χ2v) is 10.9. The van der Waals surface area contributed by atoms with Crippen LogP contribution in [0.2, 0.25) is 0 Å². The number of rotatable bonds is 7. The number of benzene rings is 1. The van der Waals surface area contributed by atoms with Crippen molar-refractivity contribution in [3.63, 3.8) is 0 Å². The fraction of sp³-hybridized carbons (Fsp3) is 0.333. The number of nitrogens with zero attached hydrogens (tertiary/aromatic N) is 6. The Hall–Kier alpha value is -3.16. The monoisotopic (exact) mass is 592 g/mol. The molecule has 1 aliphatic rings. The summed E-state index contributed by atoms with van der Waals surface area (Å²) in [4.78, 5) is 18.1. The van der Waals surface area contributed by atoms with Crippen molar-refractivity contribution in [2.45, 2.75) is 45.8 Å². The van der Waals surface area contributed by atoms with Gasteiger partial charge in [0.2, 0.25) is 5.82 Å². The molecule has 1 N–H and O–H groups in total. The van der Waals surface area contributed by atoms with Gasteiger partial charge >= 0.3 is 5.82 Å². The van der Waals surface area contributed by atoms with E-state index in [1.165, 1.54) is 31.2 Å². The fourth-order valence-corrected chi connectivity index (χ4v) is 4.94. The lowest BCUT2D eigenvalue weighted by Gasteiger charge is -2.12. The topological polar surface area (TPSA) is 120 Å². The molecule has 1 aromatic carbocycles. The molecule has 1 saturated carbocycles. The molecule has 3 heterocycles. The Balaban J connectivity index is 0.000000245. The van der Waals surface area contributed by atoms with Gasteiger partial charge in [0.25, 0.3) is 0 Å². The molecular weight excluding hydrogens is 570 g/mol. The molecule has 1 aliphatic carbocycles. The zero-order valence-electron chi connectivity index (χ0n) is 19.9. The molecule has 0 radical (unpaired) electrons. The second kappa shape index (κ2) is 11.5. The van der Waals surface area contributed by atoms with E-state index in [0.717, 1.165) is 45.4 Å². The average molecular weight is 593 g/mol. The first kappa shape index (κ1) is 26.9. The number of pyridine rings is 1. The maximum Gasteiger partial charge on any atom is 0.399 e. The van der Waals surface area contributed by atoms with Crippen LogP contribution < -0.4 is 0 Å². The van der Waals surface area contributed by atoms with Crippen molar-refractivity contribution in [2.75, 3.05) is 0 Å². The highest BCUT2D eigenvalue weighted by molar-refractivity contribution is 9.10. The van der Waals surface area contributed by atoms with Crippen LogP contribution in [-0.4, -0.2) is 35.0 Å². The highest BCUT2D eigenvalue weighted by Crippen LogP contribution is 2.35. The molecule has 0 spiro atoms. The Morgan fingerprint density at radius 1 is 1.32 bits per heavy atom. The summed E-state index contributed by atoms with van der Waals surface area (Å²) in [6, 6.07) is 5.47.